The lowest BCUT2D eigenvalue weighted by Crippen LogP contribution is -2.24. The quantitative estimate of drug-likeness (QED) is 0.187. The smallest absolute Gasteiger partial charge is 0.159 e. The number of benzene rings is 7. The zero-order chi connectivity index (χ0) is 34.8. The summed E-state index contributed by atoms with van der Waals surface area (Å²) in [5.74, 6) is 0.363. The molecule has 2 nitrogen and oxygen atoms in total. The Morgan fingerprint density at radius 3 is 1.86 bits per heavy atom. The van der Waals surface area contributed by atoms with Crippen LogP contribution in [0.2, 0.25) is 0 Å². The molecule has 0 atom stereocenters. The average molecular weight is 660 g/mol. The number of furan rings is 1. The molecule has 8 aromatic rings. The van der Waals surface area contributed by atoms with E-state index in [1.165, 1.54) is 66.2 Å². The van der Waals surface area contributed by atoms with Gasteiger partial charge in [-0.1, -0.05) is 133 Å². The van der Waals surface area contributed by atoms with Gasteiger partial charge in [0.15, 0.2) is 5.58 Å². The Morgan fingerprint density at radius 2 is 1.12 bits per heavy atom. The number of rotatable bonds is 4. The molecule has 2 aliphatic carbocycles. The van der Waals surface area contributed by atoms with Gasteiger partial charge in [0.25, 0.3) is 0 Å². The van der Waals surface area contributed by atoms with Crippen LogP contribution in [0, 0.1) is 0 Å². The summed E-state index contributed by atoms with van der Waals surface area (Å²) in [6.45, 7) is 14.1. The zero-order valence-electron chi connectivity index (χ0n) is 30.1. The Labute approximate surface area is 300 Å². The molecule has 0 bridgehead atoms. The molecule has 2 aliphatic rings. The molecule has 0 saturated heterocycles. The van der Waals surface area contributed by atoms with E-state index in [9.17, 15) is 0 Å². The topological polar surface area (TPSA) is 16.4 Å². The highest BCUT2D eigenvalue weighted by molar-refractivity contribution is 6.11. The zero-order valence-corrected chi connectivity index (χ0v) is 30.1. The lowest BCUT2D eigenvalue weighted by atomic mass is 9.67. The molecule has 0 saturated carbocycles. The second kappa shape index (κ2) is 10.5. The van der Waals surface area contributed by atoms with Crippen LogP contribution in [0.1, 0.15) is 75.3 Å². The molecule has 0 fully saturated rings. The predicted octanol–water partition coefficient (Wildman–Crippen LogP) is 13.9. The normalized spacial score (nSPS) is 15.0. The number of fused-ring (bicyclic) bond motifs is 8. The van der Waals surface area contributed by atoms with Crippen LogP contribution in [0.15, 0.2) is 138 Å². The summed E-state index contributed by atoms with van der Waals surface area (Å²) in [7, 11) is 0. The Bertz CT molecular complexity index is 2720. The summed E-state index contributed by atoms with van der Waals surface area (Å²) in [5, 5.41) is 5.02. The Morgan fingerprint density at radius 1 is 0.490 bits per heavy atom. The Balaban J connectivity index is 1.18. The van der Waals surface area contributed by atoms with E-state index >= 15 is 0 Å². The van der Waals surface area contributed by atoms with Crippen molar-refractivity contribution in [2.45, 2.75) is 58.3 Å². The van der Waals surface area contributed by atoms with E-state index in [4.69, 9.17) is 4.42 Å². The van der Waals surface area contributed by atoms with Crippen molar-refractivity contribution >= 4 is 49.8 Å². The minimum Gasteiger partial charge on any atom is -0.454 e. The molecule has 1 aromatic heterocycles. The summed E-state index contributed by atoms with van der Waals surface area (Å²) in [5.41, 5.74) is 17.1. The first-order valence-corrected chi connectivity index (χ1v) is 18.3. The van der Waals surface area contributed by atoms with Gasteiger partial charge in [0, 0.05) is 33.0 Å². The highest BCUT2D eigenvalue weighted by Crippen LogP contribution is 2.56. The van der Waals surface area contributed by atoms with Gasteiger partial charge in [-0.15, -0.1) is 0 Å². The molecule has 2 heteroatoms. The number of hydrogen-bond acceptors (Lipinski definition) is 2. The van der Waals surface area contributed by atoms with Gasteiger partial charge in [0.1, 0.15) is 5.58 Å². The first-order chi connectivity index (χ1) is 24.6. The van der Waals surface area contributed by atoms with E-state index < -0.39 is 0 Å². The molecule has 7 aromatic carbocycles. The summed E-state index contributed by atoms with van der Waals surface area (Å²) >= 11 is 0. The van der Waals surface area contributed by atoms with E-state index in [1.807, 2.05) is 0 Å². The van der Waals surface area contributed by atoms with Crippen LogP contribution in [0.4, 0.5) is 17.1 Å². The van der Waals surface area contributed by atoms with Gasteiger partial charge in [0.05, 0.1) is 5.69 Å². The van der Waals surface area contributed by atoms with E-state index in [1.54, 1.807) is 0 Å². The monoisotopic (exact) mass is 659 g/mol. The van der Waals surface area contributed by atoms with Crippen molar-refractivity contribution < 1.29 is 4.42 Å². The van der Waals surface area contributed by atoms with Crippen molar-refractivity contribution in [3.8, 4) is 22.3 Å². The minimum absolute atomic E-state index is 0.115. The third kappa shape index (κ3) is 4.11. The maximum Gasteiger partial charge on any atom is 0.159 e. The van der Waals surface area contributed by atoms with E-state index in [-0.39, 0.29) is 10.8 Å². The van der Waals surface area contributed by atoms with Crippen molar-refractivity contribution in [3.63, 3.8) is 0 Å². The number of para-hydroxylation sites is 3. The molecule has 0 amide bonds. The maximum absolute atomic E-state index is 6.87. The molecule has 0 N–H and O–H groups in total. The summed E-state index contributed by atoms with van der Waals surface area (Å²) in [6, 6.07) is 49.6. The molecular formula is C49H41NO. The SMILES string of the molecule is CC(C)c1cccc2c1oc1c(N(c3ccccc3)c3ccc4c(c3)C(C)(C)c3cc5c(cc3-4)C(C)(C)c3cccc4cccc-5c34)cccc12. The summed E-state index contributed by atoms with van der Waals surface area (Å²) in [4.78, 5) is 2.38. The second-order valence-corrected chi connectivity index (χ2v) is 15.9. The van der Waals surface area contributed by atoms with E-state index in [0.717, 1.165) is 33.6 Å². The second-order valence-electron chi connectivity index (χ2n) is 15.9. The Hall–Kier alpha value is -5.60. The van der Waals surface area contributed by atoms with Crippen LogP contribution >= 0.6 is 0 Å². The molecule has 0 spiro atoms. The molecule has 0 unspecified atom stereocenters. The van der Waals surface area contributed by atoms with Gasteiger partial charge in [0.2, 0.25) is 0 Å². The summed E-state index contributed by atoms with van der Waals surface area (Å²) in [6.07, 6.45) is 0. The number of hydrogen-bond donors (Lipinski definition) is 0. The van der Waals surface area contributed by atoms with Gasteiger partial charge in [-0.2, -0.15) is 0 Å². The first kappa shape index (κ1) is 30.2. The van der Waals surface area contributed by atoms with Crippen molar-refractivity contribution in [3.05, 3.63) is 161 Å². The lowest BCUT2D eigenvalue weighted by Gasteiger charge is -2.36. The fraction of sp³-hybridized carbons (Fsp3) is 0.184. The van der Waals surface area contributed by atoms with Crippen LogP contribution in [-0.4, -0.2) is 0 Å². The lowest BCUT2D eigenvalue weighted by molar-refractivity contribution is 0.639. The van der Waals surface area contributed by atoms with E-state index in [2.05, 4.69) is 180 Å². The maximum atomic E-state index is 6.87. The van der Waals surface area contributed by atoms with Gasteiger partial charge in [-0.05, 0) is 109 Å². The van der Waals surface area contributed by atoms with Crippen molar-refractivity contribution in [1.82, 2.24) is 0 Å². The number of nitrogens with zero attached hydrogens (tertiary/aromatic N) is 1. The Kier molecular flexibility index (Phi) is 6.20. The average Bonchev–Trinajstić information content (AvgIpc) is 3.63. The molecular weight excluding hydrogens is 619 g/mol. The fourth-order valence-electron chi connectivity index (χ4n) is 9.34. The van der Waals surface area contributed by atoms with E-state index in [0.29, 0.717) is 5.92 Å². The molecule has 10 rings (SSSR count). The van der Waals surface area contributed by atoms with Gasteiger partial charge in [-0.3, -0.25) is 0 Å². The van der Waals surface area contributed by atoms with Crippen LogP contribution < -0.4 is 4.90 Å². The third-order valence-electron chi connectivity index (χ3n) is 12.0. The molecule has 0 radical (unpaired) electrons. The van der Waals surface area contributed by atoms with Crippen LogP contribution in [0.5, 0.6) is 0 Å². The minimum atomic E-state index is -0.190. The van der Waals surface area contributed by atoms with Gasteiger partial charge in [-0.25, -0.2) is 0 Å². The molecule has 1 heterocycles. The fourth-order valence-corrected chi connectivity index (χ4v) is 9.34. The van der Waals surface area contributed by atoms with Crippen LogP contribution in [-0.2, 0) is 10.8 Å². The highest BCUT2D eigenvalue weighted by atomic mass is 16.3. The standard InChI is InChI=1S/C49H41NO/c1-29(2)33-18-12-20-36-37-21-13-23-44(47(37)51-46(33)36)50(31-16-8-7-9-17-31)32-24-25-34-38-27-43-39(28-42(38)49(5,6)41(34)26-32)35-19-10-14-30-15-11-22-40(45(30)35)48(43,3)4/h7-29H,1-6H3. The van der Waals surface area contributed by atoms with Crippen LogP contribution in [0.25, 0.3) is 55.0 Å². The molecule has 51 heavy (non-hydrogen) atoms. The van der Waals surface area contributed by atoms with Gasteiger partial charge < -0.3 is 9.32 Å². The van der Waals surface area contributed by atoms with Gasteiger partial charge >= 0.3 is 0 Å². The third-order valence-corrected chi connectivity index (χ3v) is 12.0. The summed E-state index contributed by atoms with van der Waals surface area (Å²) < 4.78 is 6.87. The first-order valence-electron chi connectivity index (χ1n) is 18.3. The highest BCUT2D eigenvalue weighted by Gasteiger charge is 2.41. The molecule has 248 valence electrons. The van der Waals surface area contributed by atoms with Crippen molar-refractivity contribution in [1.29, 1.82) is 0 Å². The molecule has 0 aliphatic heterocycles. The largest absolute Gasteiger partial charge is 0.454 e. The van der Waals surface area contributed by atoms with Crippen molar-refractivity contribution in [2.24, 2.45) is 0 Å². The van der Waals surface area contributed by atoms with Crippen LogP contribution in [0.3, 0.4) is 0 Å². The number of anilines is 3. The predicted molar refractivity (Wildman–Crippen MR) is 215 cm³/mol. The van der Waals surface area contributed by atoms with Crippen molar-refractivity contribution in [2.75, 3.05) is 4.90 Å².